The Hall–Kier alpha value is -1.17. The molecule has 0 saturated carbocycles. The zero-order chi connectivity index (χ0) is 12.5. The monoisotopic (exact) mass is 295 g/mol. The summed E-state index contributed by atoms with van der Waals surface area (Å²) in [6, 6.07) is 5.74. The van der Waals surface area contributed by atoms with Gasteiger partial charge in [-0.2, -0.15) is 0 Å². The molecule has 6 heteroatoms. The van der Waals surface area contributed by atoms with Crippen molar-refractivity contribution in [2.24, 2.45) is 0 Å². The van der Waals surface area contributed by atoms with Gasteiger partial charge in [0.1, 0.15) is 0 Å². The zero-order valence-electron chi connectivity index (χ0n) is 9.61. The number of hydrogen-bond acceptors (Lipinski definition) is 5. The lowest BCUT2D eigenvalue weighted by Gasteiger charge is -1.97. The first-order valence-corrected chi connectivity index (χ1v) is 7.43. The average Bonchev–Trinajstić information content (AvgIpc) is 2.92. The van der Waals surface area contributed by atoms with Crippen LogP contribution in [0.4, 0.5) is 5.13 Å². The predicted molar refractivity (Wildman–Crippen MR) is 78.8 cm³/mol. The fourth-order valence-corrected chi connectivity index (χ4v) is 3.50. The highest BCUT2D eigenvalue weighted by molar-refractivity contribution is 7.22. The fraction of sp³-hybridized carbons (Fsp3) is 0.167. The molecule has 3 nitrogen and oxygen atoms in total. The molecule has 0 fully saturated rings. The first kappa shape index (κ1) is 11.9. The van der Waals surface area contributed by atoms with Gasteiger partial charge >= 0.3 is 0 Å². The van der Waals surface area contributed by atoms with Crippen molar-refractivity contribution in [3.8, 4) is 0 Å². The summed E-state index contributed by atoms with van der Waals surface area (Å²) in [6.45, 7) is 2.77. The van der Waals surface area contributed by atoms with Gasteiger partial charge in [0.15, 0.2) is 5.13 Å². The van der Waals surface area contributed by atoms with Gasteiger partial charge in [-0.15, -0.1) is 11.3 Å². The zero-order valence-corrected chi connectivity index (χ0v) is 12.0. The maximum absolute atomic E-state index is 5.96. The molecule has 3 aromatic rings. The number of anilines is 1. The molecule has 0 spiro atoms. The van der Waals surface area contributed by atoms with Crippen LogP contribution in [0.15, 0.2) is 24.4 Å². The number of halogens is 1. The Morgan fingerprint density at radius 3 is 3.00 bits per heavy atom. The van der Waals surface area contributed by atoms with Crippen molar-refractivity contribution < 1.29 is 0 Å². The number of benzene rings is 1. The Balaban J connectivity index is 1.78. The van der Waals surface area contributed by atoms with Crippen molar-refractivity contribution in [1.29, 1.82) is 0 Å². The standard InChI is InChI=1S/C12H10ClN3S2/c1-7-14-5-9(17-7)6-15-12-16-10-3-2-8(13)4-11(10)18-12/h2-5H,6H2,1H3,(H,15,16). The maximum atomic E-state index is 5.96. The third kappa shape index (κ3) is 2.48. The van der Waals surface area contributed by atoms with Gasteiger partial charge in [-0.05, 0) is 25.1 Å². The molecule has 0 bridgehead atoms. The van der Waals surface area contributed by atoms with E-state index in [9.17, 15) is 0 Å². The van der Waals surface area contributed by atoms with E-state index in [0.717, 1.165) is 31.9 Å². The first-order chi connectivity index (χ1) is 8.70. The molecule has 0 saturated heterocycles. The molecule has 0 atom stereocenters. The normalized spacial score (nSPS) is 11.0. The van der Waals surface area contributed by atoms with Crippen LogP contribution in [-0.4, -0.2) is 9.97 Å². The lowest BCUT2D eigenvalue weighted by molar-refractivity contribution is 1.16. The molecule has 0 amide bonds. The molecule has 0 radical (unpaired) electrons. The highest BCUT2D eigenvalue weighted by Gasteiger charge is 2.05. The minimum absolute atomic E-state index is 0.746. The summed E-state index contributed by atoms with van der Waals surface area (Å²) in [6.07, 6.45) is 1.90. The highest BCUT2D eigenvalue weighted by atomic mass is 35.5. The molecule has 0 aliphatic heterocycles. The predicted octanol–water partition coefficient (Wildman–Crippen LogP) is 4.33. The van der Waals surface area contributed by atoms with E-state index in [0.29, 0.717) is 0 Å². The lowest BCUT2D eigenvalue weighted by Crippen LogP contribution is -1.96. The highest BCUT2D eigenvalue weighted by Crippen LogP contribution is 2.28. The molecule has 2 aromatic heterocycles. The second kappa shape index (κ2) is 4.84. The second-order valence-corrected chi connectivity index (χ2v) is 6.62. The molecule has 3 rings (SSSR count). The average molecular weight is 296 g/mol. The summed E-state index contributed by atoms with van der Waals surface area (Å²) in [5.74, 6) is 0. The van der Waals surface area contributed by atoms with Crippen LogP contribution < -0.4 is 5.32 Å². The summed E-state index contributed by atoms with van der Waals surface area (Å²) in [5.41, 5.74) is 0.979. The number of thiazole rings is 2. The van der Waals surface area contributed by atoms with Crippen molar-refractivity contribution in [1.82, 2.24) is 9.97 Å². The van der Waals surface area contributed by atoms with Crippen LogP contribution in [0.5, 0.6) is 0 Å². The third-order valence-corrected chi connectivity index (χ3v) is 4.56. The van der Waals surface area contributed by atoms with Gasteiger partial charge in [0.2, 0.25) is 0 Å². The molecule has 2 heterocycles. The van der Waals surface area contributed by atoms with Gasteiger partial charge in [-0.25, -0.2) is 9.97 Å². The molecule has 92 valence electrons. The van der Waals surface area contributed by atoms with Gasteiger partial charge < -0.3 is 5.32 Å². The van der Waals surface area contributed by atoms with E-state index in [-0.39, 0.29) is 0 Å². The second-order valence-electron chi connectivity index (χ2n) is 3.83. The summed E-state index contributed by atoms with van der Waals surface area (Å²) in [7, 11) is 0. The van der Waals surface area contributed by atoms with E-state index in [2.05, 4.69) is 15.3 Å². The number of aromatic nitrogens is 2. The van der Waals surface area contributed by atoms with E-state index in [1.54, 1.807) is 22.7 Å². The number of nitrogens with one attached hydrogen (secondary N) is 1. The van der Waals surface area contributed by atoms with E-state index in [4.69, 9.17) is 11.6 Å². The Kier molecular flexibility index (Phi) is 3.20. The number of rotatable bonds is 3. The van der Waals surface area contributed by atoms with Crippen molar-refractivity contribution in [2.75, 3.05) is 5.32 Å². The summed E-state index contributed by atoms with van der Waals surface area (Å²) < 4.78 is 1.10. The molecule has 0 unspecified atom stereocenters. The van der Waals surface area contributed by atoms with Crippen LogP contribution in [0.2, 0.25) is 5.02 Å². The van der Waals surface area contributed by atoms with E-state index in [1.165, 1.54) is 4.88 Å². The number of hydrogen-bond donors (Lipinski definition) is 1. The smallest absolute Gasteiger partial charge is 0.184 e. The Labute approximate surface area is 117 Å². The first-order valence-electron chi connectivity index (χ1n) is 5.42. The number of fused-ring (bicyclic) bond motifs is 1. The number of aryl methyl sites for hydroxylation is 1. The molecular formula is C12H10ClN3S2. The summed E-state index contributed by atoms with van der Waals surface area (Å²) >= 11 is 9.27. The molecule has 1 N–H and O–H groups in total. The van der Waals surface area contributed by atoms with Gasteiger partial charge in [-0.1, -0.05) is 22.9 Å². The van der Waals surface area contributed by atoms with Crippen LogP contribution in [0.1, 0.15) is 9.88 Å². The van der Waals surface area contributed by atoms with Crippen LogP contribution in [0, 0.1) is 6.92 Å². The van der Waals surface area contributed by atoms with E-state index >= 15 is 0 Å². The van der Waals surface area contributed by atoms with Gasteiger partial charge in [-0.3, -0.25) is 0 Å². The maximum Gasteiger partial charge on any atom is 0.184 e. The van der Waals surface area contributed by atoms with E-state index in [1.807, 2.05) is 31.3 Å². The SMILES string of the molecule is Cc1ncc(CNc2nc3ccc(Cl)cc3s2)s1. The van der Waals surface area contributed by atoms with Crippen LogP contribution in [-0.2, 0) is 6.54 Å². The van der Waals surface area contributed by atoms with Crippen molar-refractivity contribution in [3.05, 3.63) is 39.3 Å². The topological polar surface area (TPSA) is 37.8 Å². The van der Waals surface area contributed by atoms with Crippen LogP contribution in [0.25, 0.3) is 10.2 Å². The summed E-state index contributed by atoms with van der Waals surface area (Å²) in [4.78, 5) is 9.95. The minimum Gasteiger partial charge on any atom is -0.357 e. The van der Waals surface area contributed by atoms with Gasteiger partial charge in [0.05, 0.1) is 21.8 Å². The largest absolute Gasteiger partial charge is 0.357 e. The molecular weight excluding hydrogens is 286 g/mol. The lowest BCUT2D eigenvalue weighted by atomic mass is 10.3. The van der Waals surface area contributed by atoms with Crippen LogP contribution >= 0.6 is 34.3 Å². The number of nitrogens with zero attached hydrogens (tertiary/aromatic N) is 2. The van der Waals surface area contributed by atoms with Crippen molar-refractivity contribution in [3.63, 3.8) is 0 Å². The summed E-state index contributed by atoms with van der Waals surface area (Å²) in [5, 5.41) is 6.07. The Morgan fingerprint density at radius 2 is 2.22 bits per heavy atom. The quantitative estimate of drug-likeness (QED) is 0.781. The van der Waals surface area contributed by atoms with Gasteiger partial charge in [0, 0.05) is 16.1 Å². The molecule has 0 aliphatic carbocycles. The Bertz CT molecular complexity index is 690. The molecule has 0 aliphatic rings. The molecule has 18 heavy (non-hydrogen) atoms. The van der Waals surface area contributed by atoms with Crippen LogP contribution in [0.3, 0.4) is 0 Å². The van der Waals surface area contributed by atoms with E-state index < -0.39 is 0 Å². The van der Waals surface area contributed by atoms with Gasteiger partial charge in [0.25, 0.3) is 0 Å². The van der Waals surface area contributed by atoms with Crippen molar-refractivity contribution >= 4 is 49.6 Å². The fourth-order valence-electron chi connectivity index (χ4n) is 1.62. The third-order valence-electron chi connectivity index (χ3n) is 2.43. The Morgan fingerprint density at radius 1 is 1.33 bits per heavy atom. The van der Waals surface area contributed by atoms with Crippen molar-refractivity contribution in [2.45, 2.75) is 13.5 Å². The molecule has 1 aromatic carbocycles. The minimum atomic E-state index is 0.746.